The number of hydrogen-bond donors (Lipinski definition) is 1. The van der Waals surface area contributed by atoms with Crippen LogP contribution in [0.3, 0.4) is 0 Å². The van der Waals surface area contributed by atoms with Crippen LogP contribution in [0.15, 0.2) is 12.2 Å². The normalized spacial score (nSPS) is 12.0. The number of allylic oxidation sites excluding steroid dienone is 1. The summed E-state index contributed by atoms with van der Waals surface area (Å²) in [5, 5.41) is 2.42. The van der Waals surface area contributed by atoms with Gasteiger partial charge in [-0.05, 0) is 20.8 Å². The Hall–Kier alpha value is -0.860. The molecule has 0 atom stereocenters. The zero-order valence-electron chi connectivity index (χ0n) is 7.15. The lowest BCUT2D eigenvalue weighted by atomic mass is 10.1. The minimum absolute atomic E-state index is 0.392. The summed E-state index contributed by atoms with van der Waals surface area (Å²) in [5.41, 5.74) is -1.78. The molecule has 0 aromatic rings. The van der Waals surface area contributed by atoms with Gasteiger partial charge in [-0.15, -0.1) is 0 Å². The first kappa shape index (κ1) is 10.1. The number of alkyl halides is 1. The van der Waals surface area contributed by atoms with Crippen LogP contribution in [0.25, 0.3) is 0 Å². The number of halogens is 1. The molecule has 64 valence electrons. The Labute approximate surface area is 66.5 Å². The molecule has 0 aliphatic rings. The molecule has 0 aromatic heterocycles. The number of rotatable bonds is 3. The van der Waals surface area contributed by atoms with Crippen molar-refractivity contribution >= 4 is 5.91 Å². The second kappa shape index (κ2) is 4.11. The van der Waals surface area contributed by atoms with E-state index in [0.717, 1.165) is 0 Å². The van der Waals surface area contributed by atoms with Crippen molar-refractivity contribution in [1.82, 2.24) is 5.32 Å². The highest BCUT2D eigenvalue weighted by Gasteiger charge is 2.25. The van der Waals surface area contributed by atoms with Crippen LogP contribution in [0.4, 0.5) is 4.39 Å². The van der Waals surface area contributed by atoms with E-state index in [-0.39, 0.29) is 0 Å². The molecule has 0 saturated carbocycles. The van der Waals surface area contributed by atoms with Gasteiger partial charge in [-0.25, -0.2) is 4.39 Å². The van der Waals surface area contributed by atoms with Gasteiger partial charge in [0.1, 0.15) is 0 Å². The molecule has 0 aliphatic heterocycles. The Kier molecular flexibility index (Phi) is 3.79. The lowest BCUT2D eigenvalue weighted by molar-refractivity contribution is -0.130. The Morgan fingerprint density at radius 3 is 2.55 bits per heavy atom. The quantitative estimate of drug-likeness (QED) is 0.620. The van der Waals surface area contributed by atoms with Crippen LogP contribution >= 0.6 is 0 Å². The average molecular weight is 159 g/mol. The van der Waals surface area contributed by atoms with E-state index in [0.29, 0.717) is 6.54 Å². The standard InChI is InChI=1S/C8H14FNO/c1-4-5-6-10-7(11)8(2,3)9/h4-5H,6H2,1-3H3,(H,10,11)/b5-4+. The molecule has 0 rings (SSSR count). The first-order chi connectivity index (χ1) is 4.98. The number of nitrogens with one attached hydrogen (secondary N) is 1. The molecule has 3 heteroatoms. The van der Waals surface area contributed by atoms with Crippen LogP contribution in [0.2, 0.25) is 0 Å². The Morgan fingerprint density at radius 1 is 1.64 bits per heavy atom. The van der Waals surface area contributed by atoms with Crippen LogP contribution < -0.4 is 5.32 Å². The van der Waals surface area contributed by atoms with E-state index < -0.39 is 11.6 Å². The zero-order chi connectivity index (χ0) is 8.91. The van der Waals surface area contributed by atoms with Crippen LogP contribution in [0.5, 0.6) is 0 Å². The highest BCUT2D eigenvalue weighted by Crippen LogP contribution is 2.06. The summed E-state index contributed by atoms with van der Waals surface area (Å²) in [6.45, 7) is 4.70. The van der Waals surface area contributed by atoms with Crippen LogP contribution in [0, 0.1) is 0 Å². The van der Waals surface area contributed by atoms with Crippen molar-refractivity contribution in [3.05, 3.63) is 12.2 Å². The van der Waals surface area contributed by atoms with Gasteiger partial charge in [-0.2, -0.15) is 0 Å². The summed E-state index contributed by atoms with van der Waals surface area (Å²) in [6.07, 6.45) is 3.55. The molecule has 0 aromatic carbocycles. The topological polar surface area (TPSA) is 29.1 Å². The predicted octanol–water partition coefficient (Wildman–Crippen LogP) is 1.43. The summed E-state index contributed by atoms with van der Waals surface area (Å²) < 4.78 is 12.8. The lowest BCUT2D eigenvalue weighted by Gasteiger charge is -2.12. The summed E-state index contributed by atoms with van der Waals surface area (Å²) in [4.78, 5) is 10.8. The fraction of sp³-hybridized carbons (Fsp3) is 0.625. The van der Waals surface area contributed by atoms with Crippen molar-refractivity contribution < 1.29 is 9.18 Å². The summed E-state index contributed by atoms with van der Waals surface area (Å²) in [5.74, 6) is -0.574. The maximum Gasteiger partial charge on any atom is 0.257 e. The van der Waals surface area contributed by atoms with Crippen molar-refractivity contribution in [1.29, 1.82) is 0 Å². The molecule has 1 N–H and O–H groups in total. The van der Waals surface area contributed by atoms with Gasteiger partial charge in [0.2, 0.25) is 0 Å². The van der Waals surface area contributed by atoms with Crippen molar-refractivity contribution in [2.45, 2.75) is 26.4 Å². The Bertz CT molecular complexity index is 158. The maximum absolute atomic E-state index is 12.8. The van der Waals surface area contributed by atoms with Gasteiger partial charge in [0.05, 0.1) is 0 Å². The monoisotopic (exact) mass is 159 g/mol. The Balaban J connectivity index is 3.71. The van der Waals surface area contributed by atoms with E-state index in [9.17, 15) is 9.18 Å². The minimum atomic E-state index is -1.78. The van der Waals surface area contributed by atoms with Gasteiger partial charge in [-0.1, -0.05) is 12.2 Å². The second-order valence-electron chi connectivity index (χ2n) is 2.75. The first-order valence-electron chi connectivity index (χ1n) is 3.57. The average Bonchev–Trinajstić information content (AvgIpc) is 1.86. The molecular weight excluding hydrogens is 145 g/mol. The van der Waals surface area contributed by atoms with Crippen LogP contribution in [-0.4, -0.2) is 18.1 Å². The summed E-state index contributed by atoms with van der Waals surface area (Å²) in [6, 6.07) is 0. The lowest BCUT2D eigenvalue weighted by Crippen LogP contribution is -2.38. The molecule has 0 fully saturated rings. The van der Waals surface area contributed by atoms with Gasteiger partial charge in [-0.3, -0.25) is 4.79 Å². The molecule has 0 unspecified atom stereocenters. The van der Waals surface area contributed by atoms with E-state index >= 15 is 0 Å². The van der Waals surface area contributed by atoms with E-state index in [1.807, 2.05) is 6.92 Å². The first-order valence-corrected chi connectivity index (χ1v) is 3.57. The molecule has 11 heavy (non-hydrogen) atoms. The molecule has 0 bridgehead atoms. The van der Waals surface area contributed by atoms with E-state index in [4.69, 9.17) is 0 Å². The zero-order valence-corrected chi connectivity index (χ0v) is 7.15. The van der Waals surface area contributed by atoms with Crippen molar-refractivity contribution in [3.63, 3.8) is 0 Å². The molecule has 1 amide bonds. The van der Waals surface area contributed by atoms with E-state index in [1.54, 1.807) is 12.2 Å². The summed E-state index contributed by atoms with van der Waals surface area (Å²) >= 11 is 0. The van der Waals surface area contributed by atoms with Gasteiger partial charge in [0.25, 0.3) is 5.91 Å². The van der Waals surface area contributed by atoms with Crippen molar-refractivity contribution in [3.8, 4) is 0 Å². The number of carbonyl (C=O) groups is 1. The van der Waals surface area contributed by atoms with Crippen LogP contribution in [-0.2, 0) is 4.79 Å². The van der Waals surface area contributed by atoms with E-state index in [1.165, 1.54) is 13.8 Å². The molecule has 0 aliphatic carbocycles. The van der Waals surface area contributed by atoms with Crippen LogP contribution in [0.1, 0.15) is 20.8 Å². The molecule has 0 radical (unpaired) electrons. The third-order valence-corrected chi connectivity index (χ3v) is 1.16. The Morgan fingerprint density at radius 2 is 2.18 bits per heavy atom. The molecule has 0 heterocycles. The molecule has 2 nitrogen and oxygen atoms in total. The number of amides is 1. The van der Waals surface area contributed by atoms with Crippen molar-refractivity contribution in [2.24, 2.45) is 0 Å². The largest absolute Gasteiger partial charge is 0.350 e. The van der Waals surface area contributed by atoms with Gasteiger partial charge in [0, 0.05) is 6.54 Å². The fourth-order valence-electron chi connectivity index (χ4n) is 0.480. The number of hydrogen-bond acceptors (Lipinski definition) is 1. The van der Waals surface area contributed by atoms with E-state index in [2.05, 4.69) is 5.32 Å². The maximum atomic E-state index is 12.8. The molecular formula is C8H14FNO. The fourth-order valence-corrected chi connectivity index (χ4v) is 0.480. The highest BCUT2D eigenvalue weighted by molar-refractivity contribution is 5.84. The highest BCUT2D eigenvalue weighted by atomic mass is 19.1. The third kappa shape index (κ3) is 4.53. The number of carbonyl (C=O) groups excluding carboxylic acids is 1. The minimum Gasteiger partial charge on any atom is -0.350 e. The third-order valence-electron chi connectivity index (χ3n) is 1.16. The predicted molar refractivity (Wildman–Crippen MR) is 43.0 cm³/mol. The van der Waals surface area contributed by atoms with Crippen molar-refractivity contribution in [2.75, 3.05) is 6.54 Å². The SMILES string of the molecule is C/C=C/CNC(=O)C(C)(C)F. The molecule has 0 saturated heterocycles. The summed E-state index contributed by atoms with van der Waals surface area (Å²) in [7, 11) is 0. The molecule has 0 spiro atoms. The second-order valence-corrected chi connectivity index (χ2v) is 2.75. The van der Waals surface area contributed by atoms with Gasteiger partial charge in [0.15, 0.2) is 5.67 Å². The smallest absolute Gasteiger partial charge is 0.257 e. The van der Waals surface area contributed by atoms with Gasteiger partial charge < -0.3 is 5.32 Å². The van der Waals surface area contributed by atoms with Gasteiger partial charge >= 0.3 is 0 Å².